The van der Waals surface area contributed by atoms with Gasteiger partial charge in [0.25, 0.3) is 0 Å². The van der Waals surface area contributed by atoms with Gasteiger partial charge in [-0.15, -0.1) is 11.3 Å². The van der Waals surface area contributed by atoms with Gasteiger partial charge in [-0.3, -0.25) is 4.57 Å². The third-order valence-corrected chi connectivity index (χ3v) is 11.2. The highest BCUT2D eigenvalue weighted by molar-refractivity contribution is 7.25. The molecule has 4 nitrogen and oxygen atoms in total. The van der Waals surface area contributed by atoms with Gasteiger partial charge >= 0.3 is 0 Å². The molecular formula is C47H32N4S. The zero-order valence-electron chi connectivity index (χ0n) is 28.2. The Kier molecular flexibility index (Phi) is 6.95. The summed E-state index contributed by atoms with van der Waals surface area (Å²) in [5.74, 6) is 0.611. The van der Waals surface area contributed by atoms with E-state index in [0.29, 0.717) is 11.5 Å². The smallest absolute Gasteiger partial charge is 0.131 e. The maximum absolute atomic E-state index is 6.67. The van der Waals surface area contributed by atoms with Crippen molar-refractivity contribution in [3.8, 4) is 5.69 Å². The lowest BCUT2D eigenvalue weighted by molar-refractivity contribution is 1.18. The third-order valence-electron chi connectivity index (χ3n) is 10.1. The van der Waals surface area contributed by atoms with Crippen LogP contribution in [0.3, 0.4) is 0 Å². The molecule has 246 valence electrons. The van der Waals surface area contributed by atoms with E-state index in [4.69, 9.17) is 10.7 Å². The molecule has 0 fully saturated rings. The summed E-state index contributed by atoms with van der Waals surface area (Å²) >= 11 is 1.85. The number of rotatable bonds is 6. The Balaban J connectivity index is 1.22. The summed E-state index contributed by atoms with van der Waals surface area (Å²) in [6.45, 7) is 4.59. The van der Waals surface area contributed by atoms with Crippen molar-refractivity contribution in [2.75, 3.05) is 0 Å². The molecule has 0 unspecified atom stereocenters. The van der Waals surface area contributed by atoms with E-state index in [-0.39, 0.29) is 0 Å². The quantitative estimate of drug-likeness (QED) is 0.174. The van der Waals surface area contributed by atoms with Gasteiger partial charge in [-0.25, -0.2) is 4.99 Å². The summed E-state index contributed by atoms with van der Waals surface area (Å²) in [5, 5.41) is 7.34. The second-order valence-electron chi connectivity index (χ2n) is 13.1. The van der Waals surface area contributed by atoms with Crippen molar-refractivity contribution >= 4 is 92.4 Å². The molecule has 52 heavy (non-hydrogen) atoms. The van der Waals surface area contributed by atoms with Gasteiger partial charge in [-0.1, -0.05) is 122 Å². The average molecular weight is 685 g/mol. The van der Waals surface area contributed by atoms with Crippen LogP contribution >= 0.6 is 11.3 Å². The van der Waals surface area contributed by atoms with Gasteiger partial charge in [0.2, 0.25) is 0 Å². The number of hydrogen-bond donors (Lipinski definition) is 1. The standard InChI is InChI=1S/C47H32N4S/c1-30(49-39(32-16-6-3-7-17-32)29-38(48)31-14-4-2-5-15-31)50-40-21-11-8-19-35(40)46-42(50)25-26-43-47(46)36-20-9-12-22-41(36)51(43)33-24-27-45-37(28-33)34-18-10-13-23-44(34)52-45/h2-29H,1,48H2/b38-29-,49-39+. The number of fused-ring (bicyclic) bond motifs is 10. The van der Waals surface area contributed by atoms with Crippen LogP contribution in [-0.4, -0.2) is 14.8 Å². The fourth-order valence-corrected chi connectivity index (χ4v) is 8.85. The minimum atomic E-state index is 0.611. The first-order valence-electron chi connectivity index (χ1n) is 17.4. The van der Waals surface area contributed by atoms with E-state index in [1.807, 2.05) is 65.9 Å². The van der Waals surface area contributed by atoms with E-state index >= 15 is 0 Å². The van der Waals surface area contributed by atoms with Crippen molar-refractivity contribution in [2.45, 2.75) is 0 Å². The number of para-hydroxylation sites is 2. The summed E-state index contributed by atoms with van der Waals surface area (Å²) < 4.78 is 7.21. The Hall–Kier alpha value is -6.69. The zero-order chi connectivity index (χ0) is 34.8. The predicted octanol–water partition coefficient (Wildman–Crippen LogP) is 12.2. The zero-order valence-corrected chi connectivity index (χ0v) is 29.0. The lowest BCUT2D eigenvalue weighted by atomic mass is 10.1. The maximum atomic E-state index is 6.67. The molecular weight excluding hydrogens is 653 g/mol. The number of nitrogens with zero attached hydrogens (tertiary/aromatic N) is 3. The molecule has 0 amide bonds. The second-order valence-corrected chi connectivity index (χ2v) is 14.2. The number of thiophene rings is 1. The van der Waals surface area contributed by atoms with Crippen molar-refractivity contribution in [3.05, 3.63) is 188 Å². The molecule has 2 N–H and O–H groups in total. The fourth-order valence-electron chi connectivity index (χ4n) is 7.77. The van der Waals surface area contributed by atoms with Crippen molar-refractivity contribution in [2.24, 2.45) is 10.7 Å². The van der Waals surface area contributed by atoms with E-state index in [2.05, 4.69) is 131 Å². The summed E-state index contributed by atoms with van der Waals surface area (Å²) in [7, 11) is 0. The molecule has 0 aliphatic heterocycles. The molecule has 3 heterocycles. The van der Waals surface area contributed by atoms with Crippen molar-refractivity contribution in [1.82, 2.24) is 9.13 Å². The molecule has 7 aromatic carbocycles. The first-order chi connectivity index (χ1) is 25.6. The first-order valence-corrected chi connectivity index (χ1v) is 18.2. The molecule has 10 rings (SSSR count). The molecule has 0 radical (unpaired) electrons. The van der Waals surface area contributed by atoms with Gasteiger partial charge < -0.3 is 10.3 Å². The Bertz CT molecular complexity index is 3080. The lowest BCUT2D eigenvalue weighted by Crippen LogP contribution is -2.05. The molecule has 0 aliphatic rings. The van der Waals surface area contributed by atoms with Crippen molar-refractivity contribution in [3.63, 3.8) is 0 Å². The molecule has 0 bridgehead atoms. The summed E-state index contributed by atoms with van der Waals surface area (Å²) in [6, 6.07) is 57.5. The highest BCUT2D eigenvalue weighted by Gasteiger charge is 2.21. The fraction of sp³-hybridized carbons (Fsp3) is 0. The first kappa shape index (κ1) is 30.2. The Morgan fingerprint density at radius 2 is 1.12 bits per heavy atom. The van der Waals surface area contributed by atoms with E-state index in [9.17, 15) is 0 Å². The molecule has 3 aromatic heterocycles. The number of hydrogen-bond acceptors (Lipinski definition) is 3. The van der Waals surface area contributed by atoms with Crippen LogP contribution in [0.5, 0.6) is 0 Å². The number of allylic oxidation sites excluding steroid dienone is 1. The van der Waals surface area contributed by atoms with Gasteiger partial charge in [0.05, 0.1) is 27.8 Å². The molecule has 0 aliphatic carbocycles. The second kappa shape index (κ2) is 12.0. The van der Waals surface area contributed by atoms with Crippen LogP contribution in [0.15, 0.2) is 181 Å². The minimum absolute atomic E-state index is 0.611. The van der Waals surface area contributed by atoms with Crippen LogP contribution in [-0.2, 0) is 0 Å². The largest absolute Gasteiger partial charge is 0.398 e. The Labute approximate surface area is 304 Å². The predicted molar refractivity (Wildman–Crippen MR) is 224 cm³/mol. The SMILES string of the molecule is C=C(/N=C(\C=C(/N)c1ccccc1)c1ccccc1)n1c2ccccc2c2c3c4ccccc4n(-c4ccc5sc6ccccc6c5c4)c3ccc21. The minimum Gasteiger partial charge on any atom is -0.398 e. The lowest BCUT2D eigenvalue weighted by Gasteiger charge is -2.11. The Morgan fingerprint density at radius 3 is 1.88 bits per heavy atom. The van der Waals surface area contributed by atoms with Crippen LogP contribution < -0.4 is 5.73 Å². The van der Waals surface area contributed by atoms with E-state index in [1.54, 1.807) is 0 Å². The van der Waals surface area contributed by atoms with Crippen LogP contribution in [0.1, 0.15) is 11.1 Å². The van der Waals surface area contributed by atoms with E-state index in [0.717, 1.165) is 44.5 Å². The molecule has 0 saturated heterocycles. The van der Waals surface area contributed by atoms with Crippen molar-refractivity contribution < 1.29 is 0 Å². The monoisotopic (exact) mass is 684 g/mol. The number of benzene rings is 7. The van der Waals surface area contributed by atoms with Crippen LogP contribution in [0.4, 0.5) is 0 Å². The topological polar surface area (TPSA) is 48.2 Å². The van der Waals surface area contributed by atoms with Crippen LogP contribution in [0.25, 0.3) is 81.0 Å². The third kappa shape index (κ3) is 4.71. The van der Waals surface area contributed by atoms with Crippen molar-refractivity contribution in [1.29, 1.82) is 0 Å². The molecule has 0 saturated carbocycles. The number of aliphatic imine (C=N–C) groups is 1. The number of aromatic nitrogens is 2. The van der Waals surface area contributed by atoms with Gasteiger partial charge in [0.15, 0.2) is 0 Å². The highest BCUT2D eigenvalue weighted by Crippen LogP contribution is 2.43. The molecule has 0 spiro atoms. The van der Waals surface area contributed by atoms with E-state index in [1.165, 1.54) is 41.8 Å². The molecule has 5 heteroatoms. The van der Waals surface area contributed by atoms with Gasteiger partial charge in [-0.2, -0.15) is 0 Å². The maximum Gasteiger partial charge on any atom is 0.131 e. The molecule has 0 atom stereocenters. The highest BCUT2D eigenvalue weighted by atomic mass is 32.1. The van der Waals surface area contributed by atoms with Gasteiger partial charge in [0.1, 0.15) is 5.82 Å². The van der Waals surface area contributed by atoms with Gasteiger partial charge in [-0.05, 0) is 60.2 Å². The summed E-state index contributed by atoms with van der Waals surface area (Å²) in [4.78, 5) is 5.22. The number of nitrogens with two attached hydrogens (primary N) is 1. The average Bonchev–Trinajstić information content (AvgIpc) is 3.85. The molecule has 10 aromatic rings. The van der Waals surface area contributed by atoms with Gasteiger partial charge in [0, 0.05) is 58.7 Å². The van der Waals surface area contributed by atoms with Crippen LogP contribution in [0.2, 0.25) is 0 Å². The normalized spacial score (nSPS) is 12.6. The Morgan fingerprint density at radius 1 is 0.538 bits per heavy atom. The summed E-state index contributed by atoms with van der Waals surface area (Å²) in [5.41, 5.74) is 15.5. The van der Waals surface area contributed by atoms with E-state index < -0.39 is 0 Å². The van der Waals surface area contributed by atoms with Crippen LogP contribution in [0, 0.1) is 0 Å². The summed E-state index contributed by atoms with van der Waals surface area (Å²) in [6.07, 6.45) is 1.95.